The minimum atomic E-state index is -0.117. The van der Waals surface area contributed by atoms with Crippen molar-refractivity contribution in [2.75, 3.05) is 24.6 Å². The lowest BCUT2D eigenvalue weighted by molar-refractivity contribution is -0.0606. The molecule has 136 valence electrons. The number of fused-ring (bicyclic) bond motifs is 1. The van der Waals surface area contributed by atoms with E-state index >= 15 is 0 Å². The Morgan fingerprint density at radius 1 is 1.15 bits per heavy atom. The van der Waals surface area contributed by atoms with Crippen molar-refractivity contribution in [1.82, 2.24) is 24.7 Å². The molecule has 7 nitrogen and oxygen atoms in total. The standard InChI is InChI=1S/C19H24N6O/c1-4-19(5-2)13-25(10-11-26-19)18-15-12-21-24(3)17(15)22-16(23-18)14-6-8-20-9-7-14/h6-9,12H,4-5,10-11,13H2,1-3H3. The summed E-state index contributed by atoms with van der Waals surface area (Å²) in [5.74, 6) is 1.63. The first-order valence-electron chi connectivity index (χ1n) is 9.15. The Kier molecular flexibility index (Phi) is 4.32. The molecule has 0 atom stereocenters. The van der Waals surface area contributed by atoms with Crippen LogP contribution in [0.2, 0.25) is 0 Å². The Balaban J connectivity index is 1.83. The molecule has 0 aromatic carbocycles. The molecule has 4 rings (SSSR count). The van der Waals surface area contributed by atoms with Gasteiger partial charge in [0.15, 0.2) is 11.5 Å². The van der Waals surface area contributed by atoms with Crippen LogP contribution >= 0.6 is 0 Å². The van der Waals surface area contributed by atoms with Gasteiger partial charge in [0.1, 0.15) is 5.82 Å². The molecule has 0 spiro atoms. The molecule has 1 aliphatic heterocycles. The normalized spacial score (nSPS) is 17.0. The molecule has 3 aromatic rings. The van der Waals surface area contributed by atoms with Crippen LogP contribution in [0, 0.1) is 0 Å². The van der Waals surface area contributed by atoms with Gasteiger partial charge in [-0.2, -0.15) is 5.10 Å². The summed E-state index contributed by atoms with van der Waals surface area (Å²) in [4.78, 5) is 16.1. The molecule has 0 amide bonds. The molecule has 1 saturated heterocycles. The van der Waals surface area contributed by atoms with E-state index in [2.05, 4.69) is 28.8 Å². The van der Waals surface area contributed by atoms with Crippen molar-refractivity contribution in [3.8, 4) is 11.4 Å². The molecule has 0 aliphatic carbocycles. The van der Waals surface area contributed by atoms with Crippen molar-refractivity contribution in [3.05, 3.63) is 30.7 Å². The second kappa shape index (κ2) is 6.64. The quantitative estimate of drug-likeness (QED) is 0.719. The molecular weight excluding hydrogens is 328 g/mol. The molecular formula is C19H24N6O. The van der Waals surface area contributed by atoms with Crippen LogP contribution in [0.3, 0.4) is 0 Å². The number of pyridine rings is 1. The number of hydrogen-bond acceptors (Lipinski definition) is 6. The molecule has 0 N–H and O–H groups in total. The summed E-state index contributed by atoms with van der Waals surface area (Å²) in [7, 11) is 1.91. The van der Waals surface area contributed by atoms with Crippen LogP contribution in [0.25, 0.3) is 22.4 Å². The molecule has 0 unspecified atom stereocenters. The van der Waals surface area contributed by atoms with Gasteiger partial charge in [-0.15, -0.1) is 0 Å². The van der Waals surface area contributed by atoms with E-state index < -0.39 is 0 Å². The van der Waals surface area contributed by atoms with Crippen molar-refractivity contribution in [1.29, 1.82) is 0 Å². The van der Waals surface area contributed by atoms with Crippen LogP contribution in [0.4, 0.5) is 5.82 Å². The summed E-state index contributed by atoms with van der Waals surface area (Å²) in [5, 5.41) is 5.39. The van der Waals surface area contributed by atoms with E-state index in [9.17, 15) is 0 Å². The van der Waals surface area contributed by atoms with Crippen LogP contribution in [0.15, 0.2) is 30.7 Å². The van der Waals surface area contributed by atoms with E-state index in [4.69, 9.17) is 14.7 Å². The van der Waals surface area contributed by atoms with E-state index in [0.29, 0.717) is 12.4 Å². The molecule has 3 aromatic heterocycles. The van der Waals surface area contributed by atoms with Gasteiger partial charge in [-0.25, -0.2) is 9.97 Å². The number of aromatic nitrogens is 5. The molecule has 1 aliphatic rings. The highest BCUT2D eigenvalue weighted by Gasteiger charge is 2.35. The molecule has 0 bridgehead atoms. The number of rotatable bonds is 4. The van der Waals surface area contributed by atoms with Crippen molar-refractivity contribution < 1.29 is 4.74 Å². The zero-order chi connectivity index (χ0) is 18.1. The second-order valence-electron chi connectivity index (χ2n) is 6.77. The lowest BCUT2D eigenvalue weighted by atomic mass is 9.95. The first kappa shape index (κ1) is 16.9. The van der Waals surface area contributed by atoms with Gasteiger partial charge < -0.3 is 9.64 Å². The third-order valence-corrected chi connectivity index (χ3v) is 5.35. The highest BCUT2D eigenvalue weighted by Crippen LogP contribution is 2.32. The van der Waals surface area contributed by atoms with E-state index in [1.54, 1.807) is 17.1 Å². The molecule has 1 fully saturated rings. The van der Waals surface area contributed by atoms with Crippen molar-refractivity contribution in [3.63, 3.8) is 0 Å². The highest BCUT2D eigenvalue weighted by molar-refractivity contribution is 5.88. The van der Waals surface area contributed by atoms with Crippen LogP contribution in [0.1, 0.15) is 26.7 Å². The van der Waals surface area contributed by atoms with Crippen LogP contribution in [0.5, 0.6) is 0 Å². The third-order valence-electron chi connectivity index (χ3n) is 5.35. The summed E-state index contributed by atoms with van der Waals surface area (Å²) in [5.41, 5.74) is 1.68. The lowest BCUT2D eigenvalue weighted by Gasteiger charge is -2.42. The zero-order valence-electron chi connectivity index (χ0n) is 15.5. The van der Waals surface area contributed by atoms with Gasteiger partial charge in [0, 0.05) is 38.1 Å². The van der Waals surface area contributed by atoms with Gasteiger partial charge in [0.25, 0.3) is 0 Å². The Hall–Kier alpha value is -2.54. The predicted molar refractivity (Wildman–Crippen MR) is 101 cm³/mol. The maximum atomic E-state index is 6.13. The summed E-state index contributed by atoms with van der Waals surface area (Å²) >= 11 is 0. The summed E-state index contributed by atoms with van der Waals surface area (Å²) < 4.78 is 7.94. The number of aryl methyl sites for hydroxylation is 1. The molecule has 0 saturated carbocycles. The monoisotopic (exact) mass is 352 g/mol. The molecule has 26 heavy (non-hydrogen) atoms. The van der Waals surface area contributed by atoms with E-state index in [1.165, 1.54) is 0 Å². The maximum absolute atomic E-state index is 6.13. The smallest absolute Gasteiger partial charge is 0.164 e. The van der Waals surface area contributed by atoms with Gasteiger partial charge in [-0.3, -0.25) is 9.67 Å². The Labute approximate surface area is 153 Å². The average Bonchev–Trinajstić information content (AvgIpc) is 3.09. The minimum Gasteiger partial charge on any atom is -0.371 e. The number of hydrogen-bond donors (Lipinski definition) is 0. The predicted octanol–water partition coefficient (Wildman–Crippen LogP) is 2.82. The number of anilines is 1. The zero-order valence-corrected chi connectivity index (χ0v) is 15.5. The molecule has 7 heteroatoms. The SMILES string of the molecule is CCC1(CC)CN(c2nc(-c3ccncc3)nc3c2cnn3C)CCO1. The Morgan fingerprint density at radius 3 is 2.65 bits per heavy atom. The first-order chi connectivity index (χ1) is 12.7. The number of morpholine rings is 1. The summed E-state index contributed by atoms with van der Waals surface area (Å²) in [6.07, 6.45) is 7.35. The molecule has 0 radical (unpaired) electrons. The second-order valence-corrected chi connectivity index (χ2v) is 6.77. The summed E-state index contributed by atoms with van der Waals surface area (Å²) in [6.45, 7) is 6.73. The van der Waals surface area contributed by atoms with Crippen LogP contribution in [-0.2, 0) is 11.8 Å². The fraction of sp³-hybridized carbons (Fsp3) is 0.474. The Morgan fingerprint density at radius 2 is 1.92 bits per heavy atom. The largest absolute Gasteiger partial charge is 0.371 e. The van der Waals surface area contributed by atoms with Crippen molar-refractivity contribution in [2.24, 2.45) is 7.05 Å². The van der Waals surface area contributed by atoms with Gasteiger partial charge in [0.05, 0.1) is 23.8 Å². The third kappa shape index (κ3) is 2.82. The van der Waals surface area contributed by atoms with E-state index in [1.807, 2.05) is 25.4 Å². The Bertz CT molecular complexity index is 903. The summed E-state index contributed by atoms with van der Waals surface area (Å²) in [6, 6.07) is 3.87. The van der Waals surface area contributed by atoms with Crippen LogP contribution < -0.4 is 4.90 Å². The average molecular weight is 352 g/mol. The lowest BCUT2D eigenvalue weighted by Crippen LogP contribution is -2.51. The van der Waals surface area contributed by atoms with Crippen LogP contribution in [-0.4, -0.2) is 50.0 Å². The van der Waals surface area contributed by atoms with Gasteiger partial charge in [-0.05, 0) is 25.0 Å². The number of ether oxygens (including phenoxy) is 1. The number of nitrogens with zero attached hydrogens (tertiary/aromatic N) is 6. The minimum absolute atomic E-state index is 0.117. The van der Waals surface area contributed by atoms with Gasteiger partial charge in [0.2, 0.25) is 0 Å². The highest BCUT2D eigenvalue weighted by atomic mass is 16.5. The topological polar surface area (TPSA) is 69.0 Å². The molecule has 4 heterocycles. The van der Waals surface area contributed by atoms with Crippen molar-refractivity contribution in [2.45, 2.75) is 32.3 Å². The maximum Gasteiger partial charge on any atom is 0.164 e. The first-order valence-corrected chi connectivity index (χ1v) is 9.15. The van der Waals surface area contributed by atoms with E-state index in [0.717, 1.165) is 48.3 Å². The van der Waals surface area contributed by atoms with Gasteiger partial charge in [-0.1, -0.05) is 13.8 Å². The van der Waals surface area contributed by atoms with Gasteiger partial charge >= 0.3 is 0 Å². The van der Waals surface area contributed by atoms with Crippen molar-refractivity contribution >= 4 is 16.9 Å². The fourth-order valence-corrected chi connectivity index (χ4v) is 3.58. The fourth-order valence-electron chi connectivity index (χ4n) is 3.58. The van der Waals surface area contributed by atoms with E-state index in [-0.39, 0.29) is 5.60 Å².